The average molecular weight is 160 g/mol. The number of hydrogen-bond donors (Lipinski definition) is 1. The van der Waals surface area contributed by atoms with E-state index in [-0.39, 0.29) is 0 Å². The Morgan fingerprint density at radius 1 is 1.33 bits per heavy atom. The molecule has 2 heterocycles. The van der Waals surface area contributed by atoms with Crippen molar-refractivity contribution in [3.8, 4) is 0 Å². The van der Waals surface area contributed by atoms with Crippen molar-refractivity contribution in [1.29, 1.82) is 0 Å². The number of nitrogen functional groups attached to an aromatic ring is 1. The van der Waals surface area contributed by atoms with Gasteiger partial charge in [0.05, 0.1) is 17.4 Å². The van der Waals surface area contributed by atoms with Crippen LogP contribution in [0.5, 0.6) is 0 Å². The number of nitrogens with two attached hydrogens (primary N) is 1. The fourth-order valence-electron chi connectivity index (χ4n) is 1.16. The van der Waals surface area contributed by atoms with Crippen molar-refractivity contribution in [3.05, 3.63) is 24.2 Å². The summed E-state index contributed by atoms with van der Waals surface area (Å²) in [6.07, 6.45) is 3.40. The van der Waals surface area contributed by atoms with Gasteiger partial charge >= 0.3 is 0 Å². The maximum atomic E-state index is 5.47. The smallest absolute Gasteiger partial charge is 0.220 e. The number of aryl methyl sites for hydroxylation is 1. The molecule has 2 aromatic rings. The Kier molecular flexibility index (Phi) is 1.40. The van der Waals surface area contributed by atoms with Crippen LogP contribution >= 0.6 is 0 Å². The SMILES string of the molecule is Cc1nc(N)nc2cnccc12. The molecule has 0 amide bonds. The Bertz CT molecular complexity index is 424. The molecule has 0 aliphatic carbocycles. The van der Waals surface area contributed by atoms with Gasteiger partial charge in [0.2, 0.25) is 5.95 Å². The van der Waals surface area contributed by atoms with E-state index in [1.54, 1.807) is 12.4 Å². The maximum Gasteiger partial charge on any atom is 0.220 e. The fraction of sp³-hybridized carbons (Fsp3) is 0.125. The highest BCUT2D eigenvalue weighted by Gasteiger charge is 1.99. The van der Waals surface area contributed by atoms with Crippen molar-refractivity contribution in [2.45, 2.75) is 6.92 Å². The minimum Gasteiger partial charge on any atom is -0.368 e. The van der Waals surface area contributed by atoms with Gasteiger partial charge in [-0.05, 0) is 13.0 Å². The van der Waals surface area contributed by atoms with Crippen molar-refractivity contribution in [3.63, 3.8) is 0 Å². The third kappa shape index (κ3) is 0.972. The van der Waals surface area contributed by atoms with Crippen molar-refractivity contribution < 1.29 is 0 Å². The molecule has 0 fully saturated rings. The number of rotatable bonds is 0. The van der Waals surface area contributed by atoms with Crippen molar-refractivity contribution in [2.24, 2.45) is 0 Å². The molecule has 60 valence electrons. The van der Waals surface area contributed by atoms with Crippen LogP contribution in [-0.4, -0.2) is 15.0 Å². The van der Waals surface area contributed by atoms with E-state index in [0.717, 1.165) is 16.6 Å². The molecular weight excluding hydrogens is 152 g/mol. The molecule has 0 aromatic carbocycles. The lowest BCUT2D eigenvalue weighted by Crippen LogP contribution is -1.97. The Morgan fingerprint density at radius 2 is 2.17 bits per heavy atom. The van der Waals surface area contributed by atoms with E-state index < -0.39 is 0 Å². The molecule has 4 heteroatoms. The van der Waals surface area contributed by atoms with Crippen LogP contribution in [0.4, 0.5) is 5.95 Å². The quantitative estimate of drug-likeness (QED) is 0.622. The lowest BCUT2D eigenvalue weighted by Gasteiger charge is -1.99. The first-order valence-electron chi connectivity index (χ1n) is 3.61. The summed E-state index contributed by atoms with van der Waals surface area (Å²) in [6, 6.07) is 1.88. The predicted molar refractivity (Wildman–Crippen MR) is 46.5 cm³/mol. The van der Waals surface area contributed by atoms with Gasteiger partial charge in [-0.1, -0.05) is 0 Å². The second kappa shape index (κ2) is 2.41. The van der Waals surface area contributed by atoms with Gasteiger partial charge in [0.25, 0.3) is 0 Å². The Hall–Kier alpha value is -1.71. The lowest BCUT2D eigenvalue weighted by molar-refractivity contribution is 1.16. The van der Waals surface area contributed by atoms with Gasteiger partial charge < -0.3 is 5.73 Å². The second-order valence-electron chi connectivity index (χ2n) is 2.56. The predicted octanol–water partition coefficient (Wildman–Crippen LogP) is 0.915. The third-order valence-electron chi connectivity index (χ3n) is 1.71. The molecule has 0 atom stereocenters. The number of pyridine rings is 1. The Morgan fingerprint density at radius 3 is 3.00 bits per heavy atom. The molecule has 0 spiro atoms. The molecule has 2 N–H and O–H groups in total. The Balaban J connectivity index is 2.89. The molecule has 4 nitrogen and oxygen atoms in total. The van der Waals surface area contributed by atoms with Crippen LogP contribution in [0, 0.1) is 6.92 Å². The van der Waals surface area contributed by atoms with E-state index in [2.05, 4.69) is 15.0 Å². The summed E-state index contributed by atoms with van der Waals surface area (Å²) in [5.41, 5.74) is 7.16. The van der Waals surface area contributed by atoms with Gasteiger partial charge in [0, 0.05) is 11.6 Å². The fourth-order valence-corrected chi connectivity index (χ4v) is 1.16. The van der Waals surface area contributed by atoms with Crippen LogP contribution in [0.15, 0.2) is 18.5 Å². The summed E-state index contributed by atoms with van der Waals surface area (Å²) in [4.78, 5) is 12.0. The van der Waals surface area contributed by atoms with Crippen molar-refractivity contribution in [2.75, 3.05) is 5.73 Å². The standard InChI is InChI=1S/C8H8N4/c1-5-6-2-3-10-4-7(6)12-8(9)11-5/h2-4H,1H3,(H2,9,11,12). The highest BCUT2D eigenvalue weighted by atomic mass is 15.0. The van der Waals surface area contributed by atoms with Crippen LogP contribution in [0.2, 0.25) is 0 Å². The molecule has 0 saturated carbocycles. The van der Waals surface area contributed by atoms with Gasteiger partial charge in [-0.15, -0.1) is 0 Å². The zero-order chi connectivity index (χ0) is 8.55. The number of nitrogens with zero attached hydrogens (tertiary/aromatic N) is 3. The van der Waals surface area contributed by atoms with Crippen LogP contribution < -0.4 is 5.73 Å². The van der Waals surface area contributed by atoms with E-state index >= 15 is 0 Å². The highest BCUT2D eigenvalue weighted by molar-refractivity contribution is 5.80. The molecule has 0 unspecified atom stereocenters. The van der Waals surface area contributed by atoms with Crippen LogP contribution in [0.3, 0.4) is 0 Å². The Labute approximate surface area is 69.5 Å². The first kappa shape index (κ1) is 6.97. The molecule has 2 rings (SSSR count). The monoisotopic (exact) mass is 160 g/mol. The number of aromatic nitrogens is 3. The van der Waals surface area contributed by atoms with Gasteiger partial charge in [0.15, 0.2) is 0 Å². The molecule has 0 aliphatic rings. The normalized spacial score (nSPS) is 10.4. The topological polar surface area (TPSA) is 64.7 Å². The summed E-state index contributed by atoms with van der Waals surface area (Å²) in [5, 5.41) is 0.999. The van der Waals surface area contributed by atoms with Crippen LogP contribution in [-0.2, 0) is 0 Å². The van der Waals surface area contributed by atoms with Gasteiger partial charge in [-0.25, -0.2) is 9.97 Å². The van der Waals surface area contributed by atoms with Crippen molar-refractivity contribution >= 4 is 16.9 Å². The number of anilines is 1. The third-order valence-corrected chi connectivity index (χ3v) is 1.71. The summed E-state index contributed by atoms with van der Waals surface area (Å²) in [6.45, 7) is 1.90. The zero-order valence-electron chi connectivity index (χ0n) is 6.65. The molecule has 0 bridgehead atoms. The zero-order valence-corrected chi connectivity index (χ0v) is 6.65. The summed E-state index contributed by atoms with van der Waals surface area (Å²) in [7, 11) is 0. The highest BCUT2D eigenvalue weighted by Crippen LogP contribution is 2.13. The van der Waals surface area contributed by atoms with Gasteiger partial charge in [-0.2, -0.15) is 0 Å². The van der Waals surface area contributed by atoms with E-state index in [4.69, 9.17) is 5.73 Å². The number of fused-ring (bicyclic) bond motifs is 1. The second-order valence-corrected chi connectivity index (χ2v) is 2.56. The maximum absolute atomic E-state index is 5.47. The minimum atomic E-state index is 0.299. The van der Waals surface area contributed by atoms with Gasteiger partial charge in [-0.3, -0.25) is 4.98 Å². The molecule has 2 aromatic heterocycles. The van der Waals surface area contributed by atoms with E-state index in [1.165, 1.54) is 0 Å². The average Bonchev–Trinajstić information content (AvgIpc) is 2.04. The lowest BCUT2D eigenvalue weighted by atomic mass is 10.2. The molecule has 0 saturated heterocycles. The summed E-state index contributed by atoms with van der Waals surface area (Å²) >= 11 is 0. The van der Waals surface area contributed by atoms with Crippen molar-refractivity contribution in [1.82, 2.24) is 15.0 Å². The van der Waals surface area contributed by atoms with Crippen LogP contribution in [0.25, 0.3) is 10.9 Å². The summed E-state index contributed by atoms with van der Waals surface area (Å²) < 4.78 is 0. The number of hydrogen-bond acceptors (Lipinski definition) is 4. The molecular formula is C8H8N4. The first-order chi connectivity index (χ1) is 5.77. The van der Waals surface area contributed by atoms with E-state index in [1.807, 2.05) is 13.0 Å². The molecule has 0 aliphatic heterocycles. The molecule has 12 heavy (non-hydrogen) atoms. The largest absolute Gasteiger partial charge is 0.368 e. The minimum absolute atomic E-state index is 0.299. The summed E-state index contributed by atoms with van der Waals surface area (Å²) in [5.74, 6) is 0.299. The van der Waals surface area contributed by atoms with Gasteiger partial charge in [0.1, 0.15) is 0 Å². The van der Waals surface area contributed by atoms with E-state index in [0.29, 0.717) is 5.95 Å². The first-order valence-corrected chi connectivity index (χ1v) is 3.61. The van der Waals surface area contributed by atoms with E-state index in [9.17, 15) is 0 Å². The van der Waals surface area contributed by atoms with Crippen LogP contribution in [0.1, 0.15) is 5.69 Å². The molecule has 0 radical (unpaired) electrons.